The van der Waals surface area contributed by atoms with Gasteiger partial charge < -0.3 is 10.1 Å². The highest BCUT2D eigenvalue weighted by Crippen LogP contribution is 2.28. The third kappa shape index (κ3) is 1.99. The molecule has 0 radical (unpaired) electrons. The standard InChI is InChI=1S/C9H16ClNO/c1-6(7(2)10)8(5-11)9-3-4-12-9/h5-9,11H,3-4H2,1-2H3/t6-,7-,8-,9?/m1/s1. The van der Waals surface area contributed by atoms with Crippen molar-refractivity contribution in [2.75, 3.05) is 6.61 Å². The van der Waals surface area contributed by atoms with Crippen LogP contribution in [0.25, 0.3) is 0 Å². The van der Waals surface area contributed by atoms with Gasteiger partial charge in [0.1, 0.15) is 0 Å². The lowest BCUT2D eigenvalue weighted by Crippen LogP contribution is -2.40. The maximum atomic E-state index is 7.29. The van der Waals surface area contributed by atoms with Crippen molar-refractivity contribution in [3.8, 4) is 0 Å². The summed E-state index contributed by atoms with van der Waals surface area (Å²) in [7, 11) is 0. The predicted molar refractivity (Wildman–Crippen MR) is 51.1 cm³/mol. The fourth-order valence-electron chi connectivity index (χ4n) is 1.46. The first-order valence-electron chi connectivity index (χ1n) is 4.43. The lowest BCUT2D eigenvalue weighted by Gasteiger charge is -2.36. The van der Waals surface area contributed by atoms with Gasteiger partial charge in [0.2, 0.25) is 0 Å². The molecule has 1 saturated heterocycles. The van der Waals surface area contributed by atoms with Crippen molar-refractivity contribution in [2.24, 2.45) is 11.8 Å². The van der Waals surface area contributed by atoms with E-state index < -0.39 is 0 Å². The molecule has 3 heteroatoms. The van der Waals surface area contributed by atoms with Crippen molar-refractivity contribution in [3.05, 3.63) is 0 Å². The van der Waals surface area contributed by atoms with E-state index in [0.717, 1.165) is 13.0 Å². The second kappa shape index (κ2) is 4.24. The smallest absolute Gasteiger partial charge is 0.0677 e. The van der Waals surface area contributed by atoms with E-state index in [0.29, 0.717) is 5.92 Å². The molecule has 70 valence electrons. The van der Waals surface area contributed by atoms with Crippen molar-refractivity contribution in [1.29, 1.82) is 5.41 Å². The summed E-state index contributed by atoms with van der Waals surface area (Å²) in [6.07, 6.45) is 2.81. The van der Waals surface area contributed by atoms with E-state index in [4.69, 9.17) is 21.7 Å². The Hall–Kier alpha value is -0.0800. The normalized spacial score (nSPS) is 30.1. The third-order valence-electron chi connectivity index (χ3n) is 2.69. The number of alkyl halides is 1. The van der Waals surface area contributed by atoms with E-state index in [1.807, 2.05) is 6.92 Å². The Morgan fingerprint density at radius 1 is 1.58 bits per heavy atom. The Labute approximate surface area is 78.8 Å². The zero-order valence-corrected chi connectivity index (χ0v) is 8.34. The molecule has 1 heterocycles. The highest BCUT2D eigenvalue weighted by atomic mass is 35.5. The SMILES string of the molecule is C[C@H]([C@@H](C)Cl)[C@@H](C=N)C1CCO1. The highest BCUT2D eigenvalue weighted by Gasteiger charge is 2.32. The van der Waals surface area contributed by atoms with E-state index in [-0.39, 0.29) is 17.4 Å². The fourth-order valence-corrected chi connectivity index (χ4v) is 1.63. The lowest BCUT2D eigenvalue weighted by atomic mass is 9.84. The average Bonchev–Trinajstić information content (AvgIpc) is 1.94. The zero-order chi connectivity index (χ0) is 9.14. The maximum absolute atomic E-state index is 7.29. The molecule has 1 fully saturated rings. The van der Waals surface area contributed by atoms with Gasteiger partial charge in [-0.2, -0.15) is 0 Å². The van der Waals surface area contributed by atoms with Crippen LogP contribution in [-0.2, 0) is 4.74 Å². The predicted octanol–water partition coefficient (Wildman–Crippen LogP) is 2.30. The van der Waals surface area contributed by atoms with Gasteiger partial charge in [0.15, 0.2) is 0 Å². The minimum Gasteiger partial charge on any atom is -0.377 e. The van der Waals surface area contributed by atoms with Crippen molar-refractivity contribution in [2.45, 2.75) is 31.7 Å². The Balaban J connectivity index is 2.48. The van der Waals surface area contributed by atoms with E-state index >= 15 is 0 Å². The maximum Gasteiger partial charge on any atom is 0.0677 e. The molecule has 0 spiro atoms. The first-order chi connectivity index (χ1) is 5.66. The van der Waals surface area contributed by atoms with Gasteiger partial charge in [-0.3, -0.25) is 0 Å². The molecule has 1 unspecified atom stereocenters. The summed E-state index contributed by atoms with van der Waals surface area (Å²) in [5.41, 5.74) is 0. The molecule has 2 nitrogen and oxygen atoms in total. The number of ether oxygens (including phenoxy) is 1. The average molecular weight is 190 g/mol. The number of hydrogen-bond acceptors (Lipinski definition) is 2. The topological polar surface area (TPSA) is 33.1 Å². The second-order valence-corrected chi connectivity index (χ2v) is 4.17. The number of halogens is 1. The molecule has 0 aromatic heterocycles. The van der Waals surface area contributed by atoms with Gasteiger partial charge in [0.05, 0.1) is 6.10 Å². The van der Waals surface area contributed by atoms with Crippen molar-refractivity contribution >= 4 is 17.8 Å². The summed E-state index contributed by atoms with van der Waals surface area (Å²) < 4.78 is 5.35. The monoisotopic (exact) mass is 189 g/mol. The molecule has 0 aliphatic carbocycles. The molecule has 12 heavy (non-hydrogen) atoms. The summed E-state index contributed by atoms with van der Waals surface area (Å²) >= 11 is 5.97. The Morgan fingerprint density at radius 2 is 2.17 bits per heavy atom. The molecular formula is C9H16ClNO. The molecular weight excluding hydrogens is 174 g/mol. The van der Waals surface area contributed by atoms with Crippen LogP contribution in [0.1, 0.15) is 20.3 Å². The number of nitrogens with one attached hydrogen (secondary N) is 1. The molecule has 1 N–H and O–H groups in total. The van der Waals surface area contributed by atoms with Gasteiger partial charge in [-0.15, -0.1) is 11.6 Å². The Bertz CT molecular complexity index is 157. The molecule has 1 aliphatic rings. The third-order valence-corrected chi connectivity index (χ3v) is 3.09. The largest absolute Gasteiger partial charge is 0.377 e. The molecule has 0 aromatic rings. The van der Waals surface area contributed by atoms with Gasteiger partial charge in [-0.05, 0) is 19.3 Å². The number of hydrogen-bond donors (Lipinski definition) is 1. The molecule has 1 aliphatic heterocycles. The van der Waals surface area contributed by atoms with Gasteiger partial charge >= 0.3 is 0 Å². The van der Waals surface area contributed by atoms with Crippen LogP contribution in [0.3, 0.4) is 0 Å². The van der Waals surface area contributed by atoms with E-state index in [1.165, 1.54) is 6.21 Å². The van der Waals surface area contributed by atoms with Crippen LogP contribution in [0, 0.1) is 17.2 Å². The summed E-state index contributed by atoms with van der Waals surface area (Å²) in [5.74, 6) is 0.528. The van der Waals surface area contributed by atoms with E-state index in [1.54, 1.807) is 0 Å². The van der Waals surface area contributed by atoms with E-state index in [2.05, 4.69) is 6.92 Å². The van der Waals surface area contributed by atoms with Crippen LogP contribution in [0.4, 0.5) is 0 Å². The quantitative estimate of drug-likeness (QED) is 0.535. The van der Waals surface area contributed by atoms with Gasteiger partial charge in [-0.25, -0.2) is 0 Å². The molecule has 0 amide bonds. The summed E-state index contributed by atoms with van der Waals surface area (Å²) in [6, 6.07) is 0. The van der Waals surface area contributed by atoms with Crippen molar-refractivity contribution < 1.29 is 4.74 Å². The van der Waals surface area contributed by atoms with Crippen LogP contribution < -0.4 is 0 Å². The van der Waals surface area contributed by atoms with Crippen LogP contribution in [0.2, 0.25) is 0 Å². The first-order valence-corrected chi connectivity index (χ1v) is 4.86. The molecule has 0 saturated carbocycles. The molecule has 1 rings (SSSR count). The summed E-state index contributed by atoms with van der Waals surface area (Å²) in [4.78, 5) is 0. The van der Waals surface area contributed by atoms with Crippen LogP contribution in [-0.4, -0.2) is 24.3 Å². The molecule has 4 atom stereocenters. The minimum absolute atomic E-state index is 0.112. The van der Waals surface area contributed by atoms with Crippen LogP contribution >= 0.6 is 11.6 Å². The van der Waals surface area contributed by atoms with Crippen molar-refractivity contribution in [3.63, 3.8) is 0 Å². The Kier molecular flexibility index (Phi) is 3.53. The first kappa shape index (κ1) is 10.0. The van der Waals surface area contributed by atoms with E-state index in [9.17, 15) is 0 Å². The van der Waals surface area contributed by atoms with Gasteiger partial charge in [0, 0.05) is 24.1 Å². The fraction of sp³-hybridized carbons (Fsp3) is 0.889. The van der Waals surface area contributed by atoms with Gasteiger partial charge in [-0.1, -0.05) is 6.92 Å². The van der Waals surface area contributed by atoms with Crippen LogP contribution in [0.15, 0.2) is 0 Å². The molecule has 0 aromatic carbocycles. The summed E-state index contributed by atoms with van der Waals surface area (Å²) in [5, 5.41) is 7.40. The Morgan fingerprint density at radius 3 is 2.42 bits per heavy atom. The minimum atomic E-state index is 0.112. The second-order valence-electron chi connectivity index (χ2n) is 3.48. The van der Waals surface area contributed by atoms with Crippen LogP contribution in [0.5, 0.6) is 0 Å². The van der Waals surface area contributed by atoms with Gasteiger partial charge in [0.25, 0.3) is 0 Å². The molecule has 0 bridgehead atoms. The number of rotatable bonds is 4. The lowest BCUT2D eigenvalue weighted by molar-refractivity contribution is -0.0781. The zero-order valence-electron chi connectivity index (χ0n) is 7.59. The highest BCUT2D eigenvalue weighted by molar-refractivity contribution is 6.20. The van der Waals surface area contributed by atoms with Crippen molar-refractivity contribution in [1.82, 2.24) is 0 Å². The summed E-state index contributed by atoms with van der Waals surface area (Å²) in [6.45, 7) is 4.90.